The maximum Gasteiger partial charge on any atom is 0.175 e. The van der Waals surface area contributed by atoms with Crippen LogP contribution in [0.5, 0.6) is 5.75 Å². The Morgan fingerprint density at radius 2 is 1.74 bits per heavy atom. The van der Waals surface area contributed by atoms with Gasteiger partial charge in [0.05, 0.1) is 12.8 Å². The Morgan fingerprint density at radius 3 is 2.56 bits per heavy atom. The molecule has 3 aromatic carbocycles. The summed E-state index contributed by atoms with van der Waals surface area (Å²) in [6, 6.07) is 17.4. The van der Waals surface area contributed by atoms with E-state index in [-0.39, 0.29) is 0 Å². The number of methoxy groups -OCH3 is 1. The van der Waals surface area contributed by atoms with Crippen LogP contribution in [0.2, 0.25) is 5.02 Å². The summed E-state index contributed by atoms with van der Waals surface area (Å²) in [6.45, 7) is 1.99. The highest BCUT2D eigenvalue weighted by Gasteiger charge is 2.13. The first-order chi connectivity index (χ1) is 13.0. The normalized spacial score (nSPS) is 10.9. The second-order valence-electron chi connectivity index (χ2n) is 6.19. The molecule has 0 saturated carbocycles. The molecule has 0 aliphatic rings. The fraction of sp³-hybridized carbons (Fsp3) is 0.0952. The average molecular weight is 397 g/mol. The fourth-order valence-corrected chi connectivity index (χ4v) is 3.41. The van der Waals surface area contributed by atoms with Gasteiger partial charge in [-0.1, -0.05) is 35.9 Å². The van der Waals surface area contributed by atoms with Crippen molar-refractivity contribution in [2.45, 2.75) is 6.92 Å². The molecule has 0 radical (unpaired) electrons. The largest absolute Gasteiger partial charge is 0.495 e. The van der Waals surface area contributed by atoms with Crippen molar-refractivity contribution in [3.05, 3.63) is 65.2 Å². The van der Waals surface area contributed by atoms with Gasteiger partial charge in [-0.05, 0) is 49.0 Å². The Bertz CT molecular complexity index is 1170. The maximum absolute atomic E-state index is 6.08. The molecule has 0 amide bonds. The van der Waals surface area contributed by atoms with E-state index in [1.165, 1.54) is 0 Å². The minimum atomic E-state index is 0.439. The molecule has 0 aliphatic carbocycles. The summed E-state index contributed by atoms with van der Waals surface area (Å²) < 4.78 is 11.5. The summed E-state index contributed by atoms with van der Waals surface area (Å²) in [5, 5.41) is 9.49. The molecule has 0 saturated heterocycles. The molecule has 0 unspecified atom stereocenters. The molecule has 4 aromatic rings. The second kappa shape index (κ2) is 7.10. The van der Waals surface area contributed by atoms with Gasteiger partial charge in [0.25, 0.3) is 0 Å². The van der Waals surface area contributed by atoms with Gasteiger partial charge in [0.15, 0.2) is 5.11 Å². The molecule has 1 aromatic heterocycles. The lowest BCUT2D eigenvalue weighted by Gasteiger charge is -2.15. The summed E-state index contributed by atoms with van der Waals surface area (Å²) in [5.41, 5.74) is 4.22. The number of nitrogens with one attached hydrogen (secondary N) is 2. The van der Waals surface area contributed by atoms with Crippen LogP contribution in [0, 0.1) is 6.92 Å². The number of halogens is 1. The number of aryl methyl sites for hydroxylation is 1. The summed E-state index contributed by atoms with van der Waals surface area (Å²) in [4.78, 5) is 0. The van der Waals surface area contributed by atoms with Crippen LogP contribution in [0.25, 0.3) is 21.9 Å². The zero-order chi connectivity index (χ0) is 19.0. The molecule has 0 bridgehead atoms. The van der Waals surface area contributed by atoms with Crippen molar-refractivity contribution in [3.8, 4) is 5.75 Å². The van der Waals surface area contributed by atoms with Crippen molar-refractivity contribution < 1.29 is 9.15 Å². The molecule has 0 fully saturated rings. The monoisotopic (exact) mass is 396 g/mol. The quantitative estimate of drug-likeness (QED) is 0.394. The molecular formula is C21H17ClN2O2S. The number of rotatable bonds is 3. The van der Waals surface area contributed by atoms with Crippen LogP contribution in [0.4, 0.5) is 11.4 Å². The molecule has 6 heteroatoms. The first kappa shape index (κ1) is 17.6. The van der Waals surface area contributed by atoms with E-state index >= 15 is 0 Å². The average Bonchev–Trinajstić information content (AvgIpc) is 3.01. The van der Waals surface area contributed by atoms with Gasteiger partial charge < -0.3 is 19.8 Å². The number of anilines is 2. The summed E-state index contributed by atoms with van der Waals surface area (Å²) in [6.07, 6.45) is 0. The van der Waals surface area contributed by atoms with Crippen LogP contribution in [0.15, 0.2) is 59.0 Å². The number of fused-ring (bicyclic) bond motifs is 3. The minimum Gasteiger partial charge on any atom is -0.495 e. The standard InChI is InChI=1S/C21H17ClN2O2S/c1-12-7-8-13(22)9-16(12)23-21(27)24-17-11-19-15(10-20(17)25-2)14-5-3-4-6-18(14)26-19/h3-11H,1-2H3,(H2,23,24,27). The molecule has 4 rings (SSSR count). The van der Waals surface area contributed by atoms with Gasteiger partial charge in [0.1, 0.15) is 16.9 Å². The van der Waals surface area contributed by atoms with E-state index in [0.29, 0.717) is 15.9 Å². The van der Waals surface area contributed by atoms with Gasteiger partial charge >= 0.3 is 0 Å². The zero-order valence-electron chi connectivity index (χ0n) is 14.8. The maximum atomic E-state index is 6.08. The number of hydrogen-bond acceptors (Lipinski definition) is 3. The Labute approximate surface area is 167 Å². The molecule has 1 heterocycles. The van der Waals surface area contributed by atoms with Gasteiger partial charge in [-0.15, -0.1) is 0 Å². The van der Waals surface area contributed by atoms with Gasteiger partial charge in [0.2, 0.25) is 0 Å². The van der Waals surface area contributed by atoms with Crippen LogP contribution >= 0.6 is 23.8 Å². The van der Waals surface area contributed by atoms with E-state index in [9.17, 15) is 0 Å². The number of para-hydroxylation sites is 1. The molecule has 27 heavy (non-hydrogen) atoms. The van der Waals surface area contributed by atoms with Gasteiger partial charge in [-0.3, -0.25) is 0 Å². The molecule has 0 spiro atoms. The number of benzene rings is 3. The van der Waals surface area contributed by atoms with Gasteiger partial charge in [-0.25, -0.2) is 0 Å². The lowest BCUT2D eigenvalue weighted by Crippen LogP contribution is -2.20. The number of thiocarbonyl (C=S) groups is 1. The predicted octanol–water partition coefficient (Wildman–Crippen LogP) is 6.37. The Balaban J connectivity index is 1.67. The van der Waals surface area contributed by atoms with Crippen LogP contribution in [0.1, 0.15) is 5.56 Å². The molecule has 4 nitrogen and oxygen atoms in total. The van der Waals surface area contributed by atoms with Crippen molar-refractivity contribution in [1.29, 1.82) is 0 Å². The van der Waals surface area contributed by atoms with Crippen LogP contribution in [-0.4, -0.2) is 12.2 Å². The van der Waals surface area contributed by atoms with Crippen LogP contribution in [-0.2, 0) is 0 Å². The Hall–Kier alpha value is -2.76. The van der Waals surface area contributed by atoms with E-state index in [2.05, 4.69) is 10.6 Å². The van der Waals surface area contributed by atoms with E-state index in [1.54, 1.807) is 7.11 Å². The summed E-state index contributed by atoms with van der Waals surface area (Å²) in [7, 11) is 1.63. The second-order valence-corrected chi connectivity index (χ2v) is 7.03. The van der Waals surface area contributed by atoms with E-state index in [1.807, 2.05) is 61.5 Å². The molecular weight excluding hydrogens is 380 g/mol. The lowest BCUT2D eigenvalue weighted by atomic mass is 10.1. The third-order valence-corrected chi connectivity index (χ3v) is 4.83. The zero-order valence-corrected chi connectivity index (χ0v) is 16.4. The number of furan rings is 1. The van der Waals surface area contributed by atoms with E-state index in [0.717, 1.165) is 38.9 Å². The first-order valence-electron chi connectivity index (χ1n) is 8.38. The van der Waals surface area contributed by atoms with Gasteiger partial charge in [0, 0.05) is 27.5 Å². The highest BCUT2D eigenvalue weighted by atomic mass is 35.5. The third kappa shape index (κ3) is 3.44. The Kier molecular flexibility index (Phi) is 4.64. The first-order valence-corrected chi connectivity index (χ1v) is 9.17. The predicted molar refractivity (Wildman–Crippen MR) is 116 cm³/mol. The van der Waals surface area contributed by atoms with Crippen LogP contribution < -0.4 is 15.4 Å². The summed E-state index contributed by atoms with van der Waals surface area (Å²) in [5.74, 6) is 0.681. The highest BCUT2D eigenvalue weighted by molar-refractivity contribution is 7.80. The van der Waals surface area contributed by atoms with Crippen molar-refractivity contribution >= 4 is 62.2 Å². The highest BCUT2D eigenvalue weighted by Crippen LogP contribution is 2.36. The number of ether oxygens (including phenoxy) is 1. The van der Waals surface area contributed by atoms with E-state index in [4.69, 9.17) is 33.0 Å². The van der Waals surface area contributed by atoms with Crippen molar-refractivity contribution in [1.82, 2.24) is 0 Å². The van der Waals surface area contributed by atoms with Crippen molar-refractivity contribution in [3.63, 3.8) is 0 Å². The van der Waals surface area contributed by atoms with Crippen molar-refractivity contribution in [2.24, 2.45) is 0 Å². The Morgan fingerprint density at radius 1 is 0.963 bits per heavy atom. The summed E-state index contributed by atoms with van der Waals surface area (Å²) >= 11 is 11.5. The lowest BCUT2D eigenvalue weighted by molar-refractivity contribution is 0.417. The molecule has 2 N–H and O–H groups in total. The molecule has 0 atom stereocenters. The smallest absolute Gasteiger partial charge is 0.175 e. The molecule has 136 valence electrons. The van der Waals surface area contributed by atoms with Gasteiger partial charge in [-0.2, -0.15) is 0 Å². The SMILES string of the molecule is COc1cc2c(cc1NC(=S)Nc1cc(Cl)ccc1C)oc1ccccc12. The van der Waals surface area contributed by atoms with Crippen LogP contribution in [0.3, 0.4) is 0 Å². The minimum absolute atomic E-state index is 0.439. The number of hydrogen-bond donors (Lipinski definition) is 2. The molecule has 0 aliphatic heterocycles. The van der Waals surface area contributed by atoms with Crippen molar-refractivity contribution in [2.75, 3.05) is 17.7 Å². The topological polar surface area (TPSA) is 46.4 Å². The third-order valence-electron chi connectivity index (χ3n) is 4.39. The van der Waals surface area contributed by atoms with E-state index < -0.39 is 0 Å². The fourth-order valence-electron chi connectivity index (χ4n) is 3.02.